The Balaban J connectivity index is 1.74. The van der Waals surface area contributed by atoms with Crippen LogP contribution in [0, 0.1) is 4.77 Å². The second-order valence-electron chi connectivity index (χ2n) is 5.50. The molecule has 0 amide bonds. The molecule has 0 aliphatic carbocycles. The summed E-state index contributed by atoms with van der Waals surface area (Å²) >= 11 is 20.7. The van der Waals surface area contributed by atoms with Gasteiger partial charge in [0.2, 0.25) is 4.77 Å². The van der Waals surface area contributed by atoms with E-state index in [4.69, 9.17) is 44.9 Å². The molecule has 0 fully saturated rings. The molecule has 0 aliphatic heterocycles. The minimum atomic E-state index is 0.335. The van der Waals surface area contributed by atoms with Crippen LogP contribution in [0.3, 0.4) is 0 Å². The summed E-state index contributed by atoms with van der Waals surface area (Å²) in [5.41, 5.74) is 5.03. The van der Waals surface area contributed by atoms with Crippen LogP contribution in [-0.2, 0) is 13.2 Å². The van der Waals surface area contributed by atoms with Crippen LogP contribution in [0.1, 0.15) is 11.1 Å². The van der Waals surface area contributed by atoms with Crippen molar-refractivity contribution in [1.29, 1.82) is 0 Å². The molecular formula is C17H15BrCl2N4O2S. The van der Waals surface area contributed by atoms with Gasteiger partial charge in [0.15, 0.2) is 11.5 Å². The van der Waals surface area contributed by atoms with E-state index in [-0.39, 0.29) is 0 Å². The Morgan fingerprint density at radius 2 is 2.04 bits per heavy atom. The van der Waals surface area contributed by atoms with E-state index in [1.54, 1.807) is 30.2 Å². The molecule has 142 valence electrons. The molecule has 3 aromatic rings. The van der Waals surface area contributed by atoms with Crippen molar-refractivity contribution >= 4 is 51.3 Å². The lowest BCUT2D eigenvalue weighted by molar-refractivity contribution is 0.284. The van der Waals surface area contributed by atoms with Gasteiger partial charge in [-0.2, -0.15) is 5.10 Å². The van der Waals surface area contributed by atoms with Crippen LogP contribution in [0.5, 0.6) is 11.5 Å². The van der Waals surface area contributed by atoms with Crippen LogP contribution >= 0.6 is 51.3 Å². The third-order valence-electron chi connectivity index (χ3n) is 3.70. The molecule has 2 N–H and O–H groups in total. The summed E-state index contributed by atoms with van der Waals surface area (Å²) in [6.07, 6.45) is 1.57. The number of methoxy groups -OCH3 is 1. The van der Waals surface area contributed by atoms with Crippen molar-refractivity contribution in [3.05, 3.63) is 67.1 Å². The second-order valence-corrected chi connectivity index (χ2v) is 7.55. The van der Waals surface area contributed by atoms with Crippen LogP contribution in [-0.4, -0.2) is 22.0 Å². The molecular weight excluding hydrogens is 475 g/mol. The zero-order valence-corrected chi connectivity index (χ0v) is 18.0. The fourth-order valence-electron chi connectivity index (χ4n) is 2.31. The fourth-order valence-corrected chi connectivity index (χ4v) is 3.25. The van der Waals surface area contributed by atoms with Crippen molar-refractivity contribution in [3.8, 4) is 11.5 Å². The largest absolute Gasteiger partial charge is 0.493 e. The molecule has 2 aromatic carbocycles. The van der Waals surface area contributed by atoms with Gasteiger partial charge in [0.1, 0.15) is 12.9 Å². The van der Waals surface area contributed by atoms with E-state index < -0.39 is 0 Å². The minimum absolute atomic E-state index is 0.335. The number of ether oxygens (including phenoxy) is 2. The first-order valence-corrected chi connectivity index (χ1v) is 9.72. The smallest absolute Gasteiger partial charge is 0.214 e. The first-order chi connectivity index (χ1) is 13.0. The number of rotatable bonds is 7. The monoisotopic (exact) mass is 488 g/mol. The van der Waals surface area contributed by atoms with Crippen molar-refractivity contribution in [2.45, 2.75) is 13.2 Å². The van der Waals surface area contributed by atoms with Crippen molar-refractivity contribution < 1.29 is 9.47 Å². The van der Waals surface area contributed by atoms with E-state index in [1.165, 1.54) is 0 Å². The number of hydrogen-bond donors (Lipinski definition) is 2. The normalized spacial score (nSPS) is 10.7. The van der Waals surface area contributed by atoms with Crippen molar-refractivity contribution in [2.75, 3.05) is 12.5 Å². The lowest BCUT2D eigenvalue weighted by Gasteiger charge is -2.15. The van der Waals surface area contributed by atoms with Crippen LogP contribution < -0.4 is 14.9 Å². The van der Waals surface area contributed by atoms with Crippen LogP contribution in [0.4, 0.5) is 0 Å². The number of aromatic nitrogens is 3. The molecule has 0 atom stereocenters. The number of nitrogens with one attached hydrogen (secondary N) is 2. The lowest BCUT2D eigenvalue weighted by atomic mass is 10.2. The van der Waals surface area contributed by atoms with Gasteiger partial charge in [-0.25, -0.2) is 4.68 Å². The van der Waals surface area contributed by atoms with E-state index in [1.807, 2.05) is 18.2 Å². The molecule has 0 aliphatic rings. The number of aromatic amines is 1. The molecule has 0 bridgehead atoms. The Bertz CT molecular complexity index is 1010. The Kier molecular flexibility index (Phi) is 6.64. The van der Waals surface area contributed by atoms with E-state index in [9.17, 15) is 0 Å². The summed E-state index contributed by atoms with van der Waals surface area (Å²) in [6, 6.07) is 9.14. The molecule has 0 unspecified atom stereocenters. The van der Waals surface area contributed by atoms with Crippen molar-refractivity contribution in [3.63, 3.8) is 0 Å². The van der Waals surface area contributed by atoms with E-state index >= 15 is 0 Å². The number of hydrogen-bond acceptors (Lipinski definition) is 5. The topological polar surface area (TPSA) is 64.1 Å². The number of benzene rings is 2. The Morgan fingerprint density at radius 3 is 2.70 bits per heavy atom. The van der Waals surface area contributed by atoms with Gasteiger partial charge in [0.05, 0.1) is 23.7 Å². The predicted molar refractivity (Wildman–Crippen MR) is 112 cm³/mol. The number of H-pyrrole nitrogens is 1. The third kappa shape index (κ3) is 4.95. The third-order valence-corrected chi connectivity index (χ3v) is 5.47. The fraction of sp³-hybridized carbons (Fsp3) is 0.176. The van der Waals surface area contributed by atoms with Crippen molar-refractivity contribution in [2.24, 2.45) is 0 Å². The van der Waals surface area contributed by atoms with Crippen molar-refractivity contribution in [1.82, 2.24) is 14.9 Å². The maximum Gasteiger partial charge on any atom is 0.214 e. The van der Waals surface area contributed by atoms with Crippen LogP contribution in [0.25, 0.3) is 0 Å². The van der Waals surface area contributed by atoms with Crippen LogP contribution in [0.2, 0.25) is 10.0 Å². The van der Waals surface area contributed by atoms with Gasteiger partial charge in [-0.05, 0) is 47.6 Å². The lowest BCUT2D eigenvalue weighted by Crippen LogP contribution is -2.14. The summed E-state index contributed by atoms with van der Waals surface area (Å²) in [5, 5.41) is 7.55. The van der Waals surface area contributed by atoms with Crippen LogP contribution in [0.15, 0.2) is 41.1 Å². The summed E-state index contributed by atoms with van der Waals surface area (Å²) in [7, 11) is 1.60. The molecule has 0 radical (unpaired) electrons. The summed E-state index contributed by atoms with van der Waals surface area (Å²) in [4.78, 5) is 0. The average molecular weight is 490 g/mol. The zero-order chi connectivity index (χ0) is 19.4. The van der Waals surface area contributed by atoms with Gasteiger partial charge < -0.3 is 14.9 Å². The van der Waals surface area contributed by atoms with Gasteiger partial charge in [0.25, 0.3) is 0 Å². The maximum absolute atomic E-state index is 6.05. The molecule has 1 aromatic heterocycles. The molecule has 3 rings (SSSR count). The molecule has 1 heterocycles. The SMILES string of the molecule is COc1cc(CNn2cn[nH]c2=S)c(Br)cc1OCc1ccc(Cl)c(Cl)c1. The summed E-state index contributed by atoms with van der Waals surface area (Å²) in [6.45, 7) is 0.847. The highest BCUT2D eigenvalue weighted by Gasteiger charge is 2.11. The van der Waals surface area contributed by atoms with Gasteiger partial charge >= 0.3 is 0 Å². The number of nitrogens with zero attached hydrogens (tertiary/aromatic N) is 2. The van der Waals surface area contributed by atoms with E-state index in [0.29, 0.717) is 39.5 Å². The summed E-state index contributed by atoms with van der Waals surface area (Å²) < 4.78 is 14.4. The molecule has 10 heteroatoms. The first-order valence-electron chi connectivity index (χ1n) is 7.77. The van der Waals surface area contributed by atoms with E-state index in [2.05, 4.69) is 31.6 Å². The molecule has 6 nitrogen and oxygen atoms in total. The molecule has 27 heavy (non-hydrogen) atoms. The quantitative estimate of drug-likeness (QED) is 0.438. The molecule has 0 saturated heterocycles. The highest BCUT2D eigenvalue weighted by atomic mass is 79.9. The standard InChI is InChI=1S/C17H15BrCl2N4O2S/c1-25-15-5-11(7-22-24-9-21-23-17(24)27)12(18)6-16(15)26-8-10-2-3-13(19)14(20)4-10/h2-6,9,22H,7-8H2,1H3,(H,23,27). The molecule has 0 spiro atoms. The Labute approximate surface area is 179 Å². The highest BCUT2D eigenvalue weighted by molar-refractivity contribution is 9.10. The van der Waals surface area contributed by atoms with Gasteiger partial charge in [0, 0.05) is 4.47 Å². The zero-order valence-electron chi connectivity index (χ0n) is 14.1. The predicted octanol–water partition coefficient (Wildman–Crippen LogP) is 5.34. The average Bonchev–Trinajstić information content (AvgIpc) is 3.06. The van der Waals surface area contributed by atoms with Gasteiger partial charge in [-0.3, -0.25) is 5.10 Å². The summed E-state index contributed by atoms with van der Waals surface area (Å²) in [5.74, 6) is 1.23. The highest BCUT2D eigenvalue weighted by Crippen LogP contribution is 2.34. The molecule has 0 saturated carbocycles. The van der Waals surface area contributed by atoms with Gasteiger partial charge in [-0.1, -0.05) is 45.2 Å². The second kappa shape index (κ2) is 8.97. The Hall–Kier alpha value is -1.74. The van der Waals surface area contributed by atoms with Gasteiger partial charge in [-0.15, -0.1) is 0 Å². The first kappa shape index (κ1) is 20.0. The maximum atomic E-state index is 6.05. The minimum Gasteiger partial charge on any atom is -0.493 e. The van der Waals surface area contributed by atoms with E-state index in [0.717, 1.165) is 15.6 Å². The number of halogens is 3. The Morgan fingerprint density at radius 1 is 1.22 bits per heavy atom.